The van der Waals surface area contributed by atoms with Crippen LogP contribution in [-0.2, 0) is 0 Å². The van der Waals surface area contributed by atoms with Crippen molar-refractivity contribution in [3.63, 3.8) is 0 Å². The molecule has 1 N–H and O–H groups in total. The molecule has 0 spiro atoms. The Bertz CT molecular complexity index is 1020. The van der Waals surface area contributed by atoms with Gasteiger partial charge in [0.15, 0.2) is 0 Å². The van der Waals surface area contributed by atoms with Crippen molar-refractivity contribution >= 4 is 11.5 Å². The van der Waals surface area contributed by atoms with Crippen molar-refractivity contribution in [3.05, 3.63) is 120 Å². The molecule has 0 aliphatic heterocycles. The molecule has 0 aliphatic carbocycles. The Balaban J connectivity index is 0.00000121. The molecule has 1 aromatic heterocycles. The molecule has 0 bridgehead atoms. The third kappa shape index (κ3) is 7.59. The highest BCUT2D eigenvalue weighted by Crippen LogP contribution is 2.19. The lowest BCUT2D eigenvalue weighted by molar-refractivity contribution is 0.0966. The Morgan fingerprint density at radius 1 is 0.844 bits per heavy atom. The van der Waals surface area contributed by atoms with E-state index in [-0.39, 0.29) is 5.91 Å². The van der Waals surface area contributed by atoms with Gasteiger partial charge in [-0.15, -0.1) is 0 Å². The van der Waals surface area contributed by atoms with E-state index in [2.05, 4.69) is 11.9 Å². The Labute approximate surface area is 193 Å². The quantitative estimate of drug-likeness (QED) is 0.399. The Kier molecular flexibility index (Phi) is 11.9. The average molecular weight is 429 g/mol. The number of hydrogen-bond donors (Lipinski definition) is 1. The first-order chi connectivity index (χ1) is 15.6. The van der Waals surface area contributed by atoms with Gasteiger partial charge in [0.05, 0.1) is 0 Å². The Hall–Kier alpha value is -3.59. The fourth-order valence-electron chi connectivity index (χ4n) is 2.86. The second-order valence-electron chi connectivity index (χ2n) is 6.68. The summed E-state index contributed by atoms with van der Waals surface area (Å²) in [7, 11) is 0. The maximum atomic E-state index is 12.9. The number of nitrogens with one attached hydrogen (secondary N) is 1. The molecule has 1 amide bonds. The van der Waals surface area contributed by atoms with E-state index < -0.39 is 0 Å². The summed E-state index contributed by atoms with van der Waals surface area (Å²) in [5.74, 6) is -0.141. The van der Waals surface area contributed by atoms with E-state index in [0.717, 1.165) is 28.1 Å². The largest absolute Gasteiger partial charge is 0.324 e. The molecule has 2 aromatic carbocycles. The lowest BCUT2D eigenvalue weighted by atomic mass is 10.0. The van der Waals surface area contributed by atoms with E-state index in [4.69, 9.17) is 0 Å². The highest BCUT2D eigenvalue weighted by molar-refractivity contribution is 5.96. The summed E-state index contributed by atoms with van der Waals surface area (Å²) < 4.78 is 1.98. The molecule has 0 radical (unpaired) electrons. The predicted molar refractivity (Wildman–Crippen MR) is 139 cm³/mol. The molecule has 0 fully saturated rings. The summed E-state index contributed by atoms with van der Waals surface area (Å²) in [6, 6.07) is 21.5. The van der Waals surface area contributed by atoms with Crippen molar-refractivity contribution in [2.45, 2.75) is 41.5 Å². The molecule has 168 valence electrons. The number of rotatable bonds is 6. The minimum absolute atomic E-state index is 0.141. The van der Waals surface area contributed by atoms with Gasteiger partial charge in [-0.25, -0.2) is 0 Å². The third-order valence-corrected chi connectivity index (χ3v) is 4.42. The number of carbonyl (C=O) groups excluding carboxylic acids is 1. The molecule has 3 heteroatoms. The van der Waals surface area contributed by atoms with Crippen LogP contribution < -0.4 is 5.32 Å². The minimum Gasteiger partial charge on any atom is -0.324 e. The fourth-order valence-corrected chi connectivity index (χ4v) is 2.86. The van der Waals surface area contributed by atoms with Crippen molar-refractivity contribution in [2.75, 3.05) is 0 Å². The van der Waals surface area contributed by atoms with Crippen LogP contribution in [0.2, 0.25) is 0 Å². The summed E-state index contributed by atoms with van der Waals surface area (Å²) in [6.07, 6.45) is 7.68. The van der Waals surface area contributed by atoms with E-state index in [1.54, 1.807) is 6.08 Å². The van der Waals surface area contributed by atoms with Crippen LogP contribution in [0.25, 0.3) is 11.3 Å². The first-order valence-corrected chi connectivity index (χ1v) is 11.2. The standard InChI is InChI=1S/C25H24N2O.2C2H6/c1-4-20(21-11-6-5-7-12-21)18-24(19(2)3)26-25(28)22-13-10-14-23(17-22)27-15-8-9-16-27;2*1-2/h4-18H,1H2,2-3H3,(H,26,28);2*1-2H3/b20-18+;;. The monoisotopic (exact) mass is 428 g/mol. The number of benzene rings is 2. The summed E-state index contributed by atoms with van der Waals surface area (Å²) in [5.41, 5.74) is 5.36. The number of allylic oxidation sites excluding steroid dienone is 4. The molecule has 0 saturated heterocycles. The van der Waals surface area contributed by atoms with Gasteiger partial charge in [-0.05, 0) is 61.4 Å². The zero-order valence-corrected chi connectivity index (χ0v) is 20.2. The highest BCUT2D eigenvalue weighted by atomic mass is 16.1. The van der Waals surface area contributed by atoms with Crippen LogP contribution in [0, 0.1) is 0 Å². The molecule has 1 heterocycles. The van der Waals surface area contributed by atoms with Gasteiger partial charge in [0.2, 0.25) is 0 Å². The molecule has 32 heavy (non-hydrogen) atoms. The summed E-state index contributed by atoms with van der Waals surface area (Å²) in [6.45, 7) is 15.9. The maximum absolute atomic E-state index is 12.9. The number of aromatic nitrogens is 1. The molecule has 3 nitrogen and oxygen atoms in total. The topological polar surface area (TPSA) is 34.0 Å². The lowest BCUT2D eigenvalue weighted by Crippen LogP contribution is -2.23. The van der Waals surface area contributed by atoms with Gasteiger partial charge in [0.1, 0.15) is 0 Å². The first-order valence-electron chi connectivity index (χ1n) is 11.2. The van der Waals surface area contributed by atoms with Gasteiger partial charge >= 0.3 is 0 Å². The average Bonchev–Trinajstić information content (AvgIpc) is 3.40. The second kappa shape index (κ2) is 14.4. The van der Waals surface area contributed by atoms with E-state index >= 15 is 0 Å². The van der Waals surface area contributed by atoms with E-state index in [0.29, 0.717) is 5.56 Å². The smallest absolute Gasteiger partial charge is 0.255 e. The van der Waals surface area contributed by atoms with Crippen molar-refractivity contribution in [3.8, 4) is 5.69 Å². The lowest BCUT2D eigenvalue weighted by Gasteiger charge is -2.12. The summed E-state index contributed by atoms with van der Waals surface area (Å²) in [4.78, 5) is 12.9. The van der Waals surface area contributed by atoms with Gasteiger partial charge in [0, 0.05) is 29.3 Å². The van der Waals surface area contributed by atoms with Crippen molar-refractivity contribution in [2.24, 2.45) is 0 Å². The molecule has 0 aliphatic rings. The summed E-state index contributed by atoms with van der Waals surface area (Å²) >= 11 is 0. The van der Waals surface area contributed by atoms with Crippen molar-refractivity contribution in [1.82, 2.24) is 9.88 Å². The van der Waals surface area contributed by atoms with Crippen LogP contribution in [0.3, 0.4) is 0 Å². The molecule has 3 rings (SSSR count). The van der Waals surface area contributed by atoms with Crippen LogP contribution in [0.5, 0.6) is 0 Å². The molecule has 3 aromatic rings. The zero-order valence-electron chi connectivity index (χ0n) is 20.2. The van der Waals surface area contributed by atoms with E-state index in [1.807, 2.05) is 131 Å². The molecular formula is C29H36N2O. The molecule has 0 saturated carbocycles. The number of amides is 1. The normalized spacial score (nSPS) is 10.0. The highest BCUT2D eigenvalue weighted by Gasteiger charge is 2.10. The maximum Gasteiger partial charge on any atom is 0.255 e. The second-order valence-corrected chi connectivity index (χ2v) is 6.68. The first kappa shape index (κ1) is 26.4. The number of carbonyl (C=O) groups is 1. The van der Waals surface area contributed by atoms with Crippen LogP contribution in [0.1, 0.15) is 57.5 Å². The number of hydrogen-bond acceptors (Lipinski definition) is 1. The number of nitrogens with zero attached hydrogens (tertiary/aromatic N) is 1. The summed E-state index contributed by atoms with van der Waals surface area (Å²) in [5, 5.41) is 3.05. The van der Waals surface area contributed by atoms with Crippen molar-refractivity contribution in [1.29, 1.82) is 0 Å². The fraction of sp³-hybridized carbons (Fsp3) is 0.207. The van der Waals surface area contributed by atoms with E-state index in [9.17, 15) is 4.79 Å². The van der Waals surface area contributed by atoms with Crippen LogP contribution in [-0.4, -0.2) is 10.5 Å². The van der Waals surface area contributed by atoms with Gasteiger partial charge in [-0.2, -0.15) is 0 Å². The Morgan fingerprint density at radius 3 is 2.00 bits per heavy atom. The molecule has 0 atom stereocenters. The van der Waals surface area contributed by atoms with Crippen LogP contribution >= 0.6 is 0 Å². The molecule has 0 unspecified atom stereocenters. The van der Waals surface area contributed by atoms with Gasteiger partial charge in [-0.3, -0.25) is 4.79 Å². The Morgan fingerprint density at radius 2 is 1.44 bits per heavy atom. The van der Waals surface area contributed by atoms with Gasteiger partial charge in [0.25, 0.3) is 5.91 Å². The minimum atomic E-state index is -0.141. The van der Waals surface area contributed by atoms with Gasteiger partial charge < -0.3 is 9.88 Å². The molecular weight excluding hydrogens is 392 g/mol. The van der Waals surface area contributed by atoms with Gasteiger partial charge in [-0.1, -0.05) is 82.3 Å². The van der Waals surface area contributed by atoms with E-state index in [1.165, 1.54) is 0 Å². The predicted octanol–water partition coefficient (Wildman–Crippen LogP) is 7.82. The zero-order chi connectivity index (χ0) is 23.9. The third-order valence-electron chi connectivity index (χ3n) is 4.42. The SMILES string of the molecule is C=C/C(=C\C(NC(=O)c1cccc(-n2cccc2)c1)=C(C)C)c1ccccc1.CC.CC. The van der Waals surface area contributed by atoms with Crippen LogP contribution in [0.15, 0.2) is 109 Å². The van der Waals surface area contributed by atoms with Crippen molar-refractivity contribution < 1.29 is 4.79 Å². The van der Waals surface area contributed by atoms with Crippen LogP contribution in [0.4, 0.5) is 0 Å².